The number of aromatic nitrogens is 1. The molecule has 10 heteroatoms. The van der Waals surface area contributed by atoms with Crippen molar-refractivity contribution in [1.82, 2.24) is 20.7 Å². The fraction of sp³-hybridized carbons (Fsp3) is 0.581. The van der Waals surface area contributed by atoms with Crippen LogP contribution in [-0.2, 0) is 10.2 Å². The molecule has 216 valence electrons. The van der Waals surface area contributed by atoms with Crippen LogP contribution in [0.25, 0.3) is 0 Å². The fourth-order valence-electron chi connectivity index (χ4n) is 7.98. The average Bonchev–Trinajstić information content (AvgIpc) is 3.89. The number of amides is 2. The number of ether oxygens (including phenoxy) is 2. The van der Waals surface area contributed by atoms with Gasteiger partial charge in [-0.3, -0.25) is 15.0 Å². The molecule has 4 saturated carbocycles. The van der Waals surface area contributed by atoms with E-state index in [-0.39, 0.29) is 18.0 Å². The highest BCUT2D eigenvalue weighted by molar-refractivity contribution is 6.09. The second-order valence-electron chi connectivity index (χ2n) is 12.8. The van der Waals surface area contributed by atoms with E-state index in [0.29, 0.717) is 47.5 Å². The number of rotatable bonds is 8. The first-order valence-electron chi connectivity index (χ1n) is 15.2. The number of carbonyl (C=O) groups is 2. The van der Waals surface area contributed by atoms with E-state index in [9.17, 15) is 9.59 Å². The Kier molecular flexibility index (Phi) is 5.76. The Morgan fingerprint density at radius 2 is 1.83 bits per heavy atom. The Morgan fingerprint density at radius 3 is 2.56 bits per heavy atom. The highest BCUT2D eigenvalue weighted by Gasteiger charge is 2.67. The first-order valence-corrected chi connectivity index (χ1v) is 15.2. The number of pyridine rings is 1. The van der Waals surface area contributed by atoms with E-state index in [1.165, 1.54) is 0 Å². The standard InChI is InChI=1S/C31H38N6O4/c1-40-19-8-10-23-21(14-19)31(30(39)34-23)15-22(31)16-3-9-20-26(13-16)35-36-27(20)32-24-11-12-25(33-28(24)41-2)29(38)37(17-4-5-17)18-6-7-18/h8,10-12,14,16-18,20,22,26-27,32,35-36H,3-7,9,13,15H2,1-2H3,(H,34,39)/t16?,20?,22-,26?,27?,31-/m0/s1. The van der Waals surface area contributed by atoms with Crippen molar-refractivity contribution in [1.29, 1.82) is 0 Å². The highest BCUT2D eigenvalue weighted by atomic mass is 16.5. The van der Waals surface area contributed by atoms with Gasteiger partial charge in [0.15, 0.2) is 0 Å². The Labute approximate surface area is 239 Å². The van der Waals surface area contributed by atoms with E-state index in [1.807, 2.05) is 30.3 Å². The third kappa shape index (κ3) is 4.09. The molecule has 2 amide bonds. The zero-order valence-corrected chi connectivity index (χ0v) is 23.6. The zero-order chi connectivity index (χ0) is 27.9. The number of anilines is 2. The van der Waals surface area contributed by atoms with Gasteiger partial charge in [-0.2, -0.15) is 0 Å². The SMILES string of the molecule is COc1ccc2c(c1)[C@]1(C[C@H]1C1CCC3C(C1)NNC3Nc1ccc(C(=O)N(C3CC3)C3CC3)nc1OC)C(=O)N2. The van der Waals surface area contributed by atoms with Gasteiger partial charge >= 0.3 is 0 Å². The van der Waals surface area contributed by atoms with Gasteiger partial charge < -0.3 is 25.0 Å². The number of fused-ring (bicyclic) bond motifs is 3. The van der Waals surface area contributed by atoms with Crippen LogP contribution in [0, 0.1) is 17.8 Å². The van der Waals surface area contributed by atoms with Crippen LogP contribution in [-0.4, -0.2) is 60.2 Å². The van der Waals surface area contributed by atoms with Crippen LogP contribution >= 0.6 is 0 Å². The van der Waals surface area contributed by atoms with Crippen molar-refractivity contribution in [2.45, 2.75) is 81.1 Å². The molecule has 41 heavy (non-hydrogen) atoms. The molecule has 6 aliphatic rings. The summed E-state index contributed by atoms with van der Waals surface area (Å²) in [5, 5.41) is 6.72. The molecule has 4 aliphatic carbocycles. The number of carbonyl (C=O) groups excluding carboxylic acids is 2. The summed E-state index contributed by atoms with van der Waals surface area (Å²) in [6, 6.07) is 10.7. The van der Waals surface area contributed by atoms with Gasteiger partial charge in [0.2, 0.25) is 11.8 Å². The molecule has 4 unspecified atom stereocenters. The Hall–Kier alpha value is -3.37. The number of hydrazine groups is 1. The molecule has 1 aromatic carbocycles. The molecule has 4 N–H and O–H groups in total. The summed E-state index contributed by atoms with van der Waals surface area (Å²) in [5.41, 5.74) is 9.86. The van der Waals surface area contributed by atoms with Crippen molar-refractivity contribution in [3.63, 3.8) is 0 Å². The molecule has 2 aliphatic heterocycles. The van der Waals surface area contributed by atoms with Crippen LogP contribution in [0.4, 0.5) is 11.4 Å². The first kappa shape index (κ1) is 25.3. The molecule has 10 nitrogen and oxygen atoms in total. The monoisotopic (exact) mass is 558 g/mol. The topological polar surface area (TPSA) is 117 Å². The van der Waals surface area contributed by atoms with E-state index in [4.69, 9.17) is 9.47 Å². The minimum atomic E-state index is -0.405. The maximum atomic E-state index is 13.3. The summed E-state index contributed by atoms with van der Waals surface area (Å²) < 4.78 is 11.1. The molecule has 1 aromatic heterocycles. The predicted molar refractivity (Wildman–Crippen MR) is 153 cm³/mol. The number of benzene rings is 1. The number of nitrogens with zero attached hydrogens (tertiary/aromatic N) is 2. The molecular weight excluding hydrogens is 520 g/mol. The van der Waals surface area contributed by atoms with Crippen molar-refractivity contribution < 1.29 is 19.1 Å². The molecule has 1 spiro atoms. The summed E-state index contributed by atoms with van der Waals surface area (Å²) in [7, 11) is 3.28. The van der Waals surface area contributed by atoms with Crippen LogP contribution in [0.1, 0.15) is 67.4 Å². The van der Waals surface area contributed by atoms with Gasteiger partial charge in [-0.05, 0) is 99.1 Å². The largest absolute Gasteiger partial charge is 0.497 e. The summed E-state index contributed by atoms with van der Waals surface area (Å²) >= 11 is 0. The van der Waals surface area contributed by atoms with E-state index < -0.39 is 5.41 Å². The maximum Gasteiger partial charge on any atom is 0.273 e. The van der Waals surface area contributed by atoms with Crippen molar-refractivity contribution in [2.24, 2.45) is 17.8 Å². The van der Waals surface area contributed by atoms with Gasteiger partial charge in [-0.1, -0.05) is 0 Å². The second-order valence-corrected chi connectivity index (χ2v) is 12.8. The van der Waals surface area contributed by atoms with Crippen molar-refractivity contribution in [3.8, 4) is 11.6 Å². The van der Waals surface area contributed by atoms with Gasteiger partial charge in [0.25, 0.3) is 5.91 Å². The first-order chi connectivity index (χ1) is 20.0. The molecule has 3 heterocycles. The van der Waals surface area contributed by atoms with Crippen molar-refractivity contribution in [3.05, 3.63) is 41.6 Å². The fourth-order valence-corrected chi connectivity index (χ4v) is 7.98. The van der Waals surface area contributed by atoms with Gasteiger partial charge in [0.1, 0.15) is 11.4 Å². The van der Waals surface area contributed by atoms with E-state index in [0.717, 1.165) is 74.1 Å². The lowest BCUT2D eigenvalue weighted by atomic mass is 9.74. The third-order valence-corrected chi connectivity index (χ3v) is 10.4. The van der Waals surface area contributed by atoms with Crippen molar-refractivity contribution >= 4 is 23.2 Å². The van der Waals surface area contributed by atoms with Crippen LogP contribution < -0.4 is 31.0 Å². The molecule has 2 aromatic rings. The minimum Gasteiger partial charge on any atom is -0.497 e. The summed E-state index contributed by atoms with van der Waals surface area (Å²) in [6.45, 7) is 0. The quantitative estimate of drug-likeness (QED) is 0.390. The average molecular weight is 559 g/mol. The Morgan fingerprint density at radius 1 is 1.02 bits per heavy atom. The van der Waals surface area contributed by atoms with Crippen LogP contribution in [0.3, 0.4) is 0 Å². The second kappa shape index (κ2) is 9.32. The Balaban J connectivity index is 0.938. The smallest absolute Gasteiger partial charge is 0.273 e. The number of hydrogen-bond acceptors (Lipinski definition) is 8. The normalized spacial score (nSPS) is 33.1. The lowest BCUT2D eigenvalue weighted by Crippen LogP contribution is -2.39. The van der Waals surface area contributed by atoms with E-state index in [2.05, 4.69) is 31.4 Å². The lowest BCUT2D eigenvalue weighted by Gasteiger charge is -2.34. The molecular formula is C31H38N6O4. The van der Waals surface area contributed by atoms with Crippen molar-refractivity contribution in [2.75, 3.05) is 24.9 Å². The Bertz CT molecular complexity index is 1400. The summed E-state index contributed by atoms with van der Waals surface area (Å²) in [6.07, 6.45) is 8.47. The molecule has 0 radical (unpaired) electrons. The van der Waals surface area contributed by atoms with Crippen LogP contribution in [0.5, 0.6) is 11.6 Å². The molecule has 5 fully saturated rings. The molecule has 0 bridgehead atoms. The zero-order valence-electron chi connectivity index (χ0n) is 23.6. The van der Waals surface area contributed by atoms with Gasteiger partial charge in [-0.25, -0.2) is 10.4 Å². The summed E-state index contributed by atoms with van der Waals surface area (Å²) in [5.74, 6) is 2.63. The number of nitrogens with one attached hydrogen (secondary N) is 4. The number of hydrogen-bond donors (Lipinski definition) is 4. The summed E-state index contributed by atoms with van der Waals surface area (Å²) in [4.78, 5) is 33.1. The number of methoxy groups -OCH3 is 2. The lowest BCUT2D eigenvalue weighted by molar-refractivity contribution is -0.118. The maximum absolute atomic E-state index is 13.3. The van der Waals surface area contributed by atoms with Crippen LogP contribution in [0.2, 0.25) is 0 Å². The molecule has 6 atom stereocenters. The van der Waals surface area contributed by atoms with Gasteiger partial charge in [0, 0.05) is 29.7 Å². The van der Waals surface area contributed by atoms with Crippen LogP contribution in [0.15, 0.2) is 30.3 Å². The van der Waals surface area contributed by atoms with E-state index >= 15 is 0 Å². The van der Waals surface area contributed by atoms with Gasteiger partial charge in [0.05, 0.1) is 31.5 Å². The van der Waals surface area contributed by atoms with E-state index in [1.54, 1.807) is 14.2 Å². The minimum absolute atomic E-state index is 0.0144. The molecule has 8 rings (SSSR count). The highest BCUT2D eigenvalue weighted by Crippen LogP contribution is 2.65. The predicted octanol–water partition coefficient (Wildman–Crippen LogP) is 3.41. The third-order valence-electron chi connectivity index (χ3n) is 10.4. The molecule has 1 saturated heterocycles. The van der Waals surface area contributed by atoms with Gasteiger partial charge in [-0.15, -0.1) is 0 Å².